The first-order valence-electron chi connectivity index (χ1n) is 13.9. The van der Waals surface area contributed by atoms with Crippen LogP contribution in [0.15, 0.2) is 91.0 Å². The van der Waals surface area contributed by atoms with E-state index in [1.54, 1.807) is 0 Å². The largest absolute Gasteiger partial charge is 0.355 e. The van der Waals surface area contributed by atoms with E-state index in [9.17, 15) is 9.59 Å². The molecule has 9 heteroatoms. The molecule has 3 amide bonds. The molecule has 5 rings (SSSR count). The van der Waals surface area contributed by atoms with E-state index in [0.717, 1.165) is 18.4 Å². The Bertz CT molecular complexity index is 1370. The maximum absolute atomic E-state index is 13.6. The Morgan fingerprint density at radius 2 is 1.61 bits per heavy atom. The van der Waals surface area contributed by atoms with Gasteiger partial charge in [-0.2, -0.15) is 0 Å². The third-order valence-electron chi connectivity index (χ3n) is 7.31. The Hall–Kier alpha value is -3.72. The molecule has 3 N–H and O–H groups in total. The number of rotatable bonds is 11. The molecule has 0 aliphatic carbocycles. The monoisotopic (exact) mass is 587 g/mol. The number of nitrogens with one attached hydrogen (secondary N) is 3. The number of carbonyl (C=O) groups is 2. The van der Waals surface area contributed by atoms with Crippen LogP contribution < -0.4 is 16.0 Å². The van der Waals surface area contributed by atoms with Crippen molar-refractivity contribution in [1.29, 1.82) is 0 Å². The van der Waals surface area contributed by atoms with Crippen molar-refractivity contribution in [2.45, 2.75) is 31.2 Å². The van der Waals surface area contributed by atoms with Crippen molar-refractivity contribution in [2.75, 3.05) is 31.5 Å². The minimum Gasteiger partial charge on any atom is -0.355 e. The first-order valence-corrected chi connectivity index (χ1v) is 15.1. The highest BCUT2D eigenvalue weighted by Gasteiger charge is 2.22. The first-order chi connectivity index (χ1) is 20.1. The van der Waals surface area contributed by atoms with Gasteiger partial charge in [0.05, 0.1) is 0 Å². The molecular weight excluding hydrogens is 554 g/mol. The molecule has 1 atom stereocenters. The molecule has 0 radical (unpaired) electrons. The molecule has 1 aromatic heterocycles. The van der Waals surface area contributed by atoms with Crippen LogP contribution in [0, 0.1) is 0 Å². The molecule has 212 valence electrons. The summed E-state index contributed by atoms with van der Waals surface area (Å²) in [6.45, 7) is 2.28. The zero-order valence-electron chi connectivity index (χ0n) is 22.8. The maximum atomic E-state index is 13.6. The Labute approximate surface area is 250 Å². The van der Waals surface area contributed by atoms with E-state index in [4.69, 9.17) is 11.6 Å². The molecule has 0 bridgehead atoms. The molecule has 7 nitrogen and oxygen atoms in total. The number of anilines is 1. The van der Waals surface area contributed by atoms with Crippen LogP contribution in [0.1, 0.15) is 36.3 Å². The molecule has 1 saturated heterocycles. The van der Waals surface area contributed by atoms with Crippen LogP contribution in [0.25, 0.3) is 11.3 Å². The molecule has 1 unspecified atom stereocenters. The lowest BCUT2D eigenvalue weighted by atomic mass is 9.88. The van der Waals surface area contributed by atoms with E-state index < -0.39 is 0 Å². The van der Waals surface area contributed by atoms with Gasteiger partial charge >= 0.3 is 6.03 Å². The van der Waals surface area contributed by atoms with Gasteiger partial charge in [-0.3, -0.25) is 10.1 Å². The number of hydrogen-bond donors (Lipinski definition) is 3. The summed E-state index contributed by atoms with van der Waals surface area (Å²) in [5.41, 5.74) is 4.00. The van der Waals surface area contributed by atoms with Gasteiger partial charge in [0.15, 0.2) is 5.13 Å². The van der Waals surface area contributed by atoms with Gasteiger partial charge in [-0.1, -0.05) is 114 Å². The van der Waals surface area contributed by atoms with Crippen molar-refractivity contribution in [2.24, 2.45) is 0 Å². The summed E-state index contributed by atoms with van der Waals surface area (Å²) in [5, 5.41) is 9.88. The van der Waals surface area contributed by atoms with Crippen LogP contribution in [0.2, 0.25) is 4.34 Å². The van der Waals surface area contributed by atoms with Gasteiger partial charge in [0.2, 0.25) is 5.91 Å². The summed E-state index contributed by atoms with van der Waals surface area (Å²) < 4.78 is 0.535. The van der Waals surface area contributed by atoms with Crippen molar-refractivity contribution >= 4 is 40.0 Å². The van der Waals surface area contributed by atoms with Gasteiger partial charge in [0, 0.05) is 50.1 Å². The third-order valence-corrected chi connectivity index (χ3v) is 8.48. The fourth-order valence-electron chi connectivity index (χ4n) is 5.11. The number of halogens is 1. The summed E-state index contributed by atoms with van der Waals surface area (Å²) in [7, 11) is 0. The van der Waals surface area contributed by atoms with E-state index >= 15 is 0 Å². The van der Waals surface area contributed by atoms with Crippen molar-refractivity contribution in [1.82, 2.24) is 20.5 Å². The number of hydrogen-bond acceptors (Lipinski definition) is 5. The second-order valence-corrected chi connectivity index (χ2v) is 11.7. The normalized spacial score (nSPS) is 15.0. The van der Waals surface area contributed by atoms with Crippen LogP contribution in [0.5, 0.6) is 0 Å². The van der Waals surface area contributed by atoms with Gasteiger partial charge in [-0.25, -0.2) is 9.78 Å². The minimum absolute atomic E-state index is 0.0916. The first kappa shape index (κ1) is 28.8. The highest BCUT2D eigenvalue weighted by molar-refractivity contribution is 7.20. The van der Waals surface area contributed by atoms with Crippen LogP contribution in [-0.2, 0) is 4.79 Å². The molecule has 1 aliphatic heterocycles. The third kappa shape index (κ3) is 7.94. The van der Waals surface area contributed by atoms with E-state index in [1.165, 1.54) is 22.5 Å². The molecule has 1 fully saturated rings. The maximum Gasteiger partial charge on any atom is 0.323 e. The van der Waals surface area contributed by atoms with Crippen molar-refractivity contribution in [3.05, 3.63) is 106 Å². The zero-order valence-corrected chi connectivity index (χ0v) is 24.3. The van der Waals surface area contributed by atoms with Crippen molar-refractivity contribution in [3.8, 4) is 11.3 Å². The highest BCUT2D eigenvalue weighted by Crippen LogP contribution is 2.35. The SMILES string of the molecule is O=C1CCC(NCCN(CCC(c2ccccc2)c2ccccc2)C(=O)Nc2nc(-c3ccccc3)c(Cl)s2)CN1. The van der Waals surface area contributed by atoms with Crippen LogP contribution in [0.4, 0.5) is 9.93 Å². The fourth-order valence-corrected chi connectivity index (χ4v) is 6.18. The molecule has 1 aliphatic rings. The number of nitrogens with zero attached hydrogens (tertiary/aromatic N) is 2. The smallest absolute Gasteiger partial charge is 0.323 e. The second-order valence-electron chi connectivity index (χ2n) is 10.1. The summed E-state index contributed by atoms with van der Waals surface area (Å²) in [6.07, 6.45) is 2.07. The van der Waals surface area contributed by atoms with Crippen LogP contribution in [0.3, 0.4) is 0 Å². The Kier molecular flexibility index (Phi) is 10.0. The van der Waals surface area contributed by atoms with E-state index in [1.807, 2.05) is 47.4 Å². The van der Waals surface area contributed by atoms with Gasteiger partial charge in [-0.05, 0) is 24.0 Å². The molecule has 0 saturated carbocycles. The van der Waals surface area contributed by atoms with Crippen LogP contribution >= 0.6 is 22.9 Å². The summed E-state index contributed by atoms with van der Waals surface area (Å²) >= 11 is 7.77. The summed E-state index contributed by atoms with van der Waals surface area (Å²) in [6, 6.07) is 30.5. The topological polar surface area (TPSA) is 86.4 Å². The Morgan fingerprint density at radius 3 is 2.22 bits per heavy atom. The highest BCUT2D eigenvalue weighted by atomic mass is 35.5. The van der Waals surface area contributed by atoms with Gasteiger partial charge in [-0.15, -0.1) is 0 Å². The number of thiazole rings is 1. The predicted octanol–water partition coefficient (Wildman–Crippen LogP) is 6.39. The van der Waals surface area contributed by atoms with E-state index in [2.05, 4.69) is 69.5 Å². The average molecular weight is 588 g/mol. The molecule has 0 spiro atoms. The Morgan fingerprint density at radius 1 is 0.976 bits per heavy atom. The predicted molar refractivity (Wildman–Crippen MR) is 167 cm³/mol. The lowest BCUT2D eigenvalue weighted by Gasteiger charge is -2.28. The number of urea groups is 1. The molecule has 2 heterocycles. The number of amides is 3. The quantitative estimate of drug-likeness (QED) is 0.190. The lowest BCUT2D eigenvalue weighted by molar-refractivity contribution is -0.122. The van der Waals surface area contributed by atoms with Crippen LogP contribution in [-0.4, -0.2) is 54.0 Å². The minimum atomic E-state index is -0.214. The fraction of sp³-hybridized carbons (Fsp3) is 0.281. The summed E-state index contributed by atoms with van der Waals surface area (Å²) in [4.78, 5) is 31.6. The number of piperidine rings is 1. The van der Waals surface area contributed by atoms with E-state index in [-0.39, 0.29) is 23.9 Å². The van der Waals surface area contributed by atoms with Crippen molar-refractivity contribution < 1.29 is 9.59 Å². The lowest BCUT2D eigenvalue weighted by Crippen LogP contribution is -2.48. The number of benzene rings is 3. The number of carbonyl (C=O) groups excluding carboxylic acids is 2. The van der Waals surface area contributed by atoms with Gasteiger partial charge < -0.3 is 15.5 Å². The van der Waals surface area contributed by atoms with Gasteiger partial charge in [0.1, 0.15) is 10.0 Å². The van der Waals surface area contributed by atoms with Crippen molar-refractivity contribution in [3.63, 3.8) is 0 Å². The molecule has 4 aromatic rings. The molecule has 41 heavy (non-hydrogen) atoms. The summed E-state index contributed by atoms with van der Waals surface area (Å²) in [5.74, 6) is 0.238. The van der Waals surface area contributed by atoms with E-state index in [0.29, 0.717) is 47.8 Å². The van der Waals surface area contributed by atoms with Gasteiger partial charge in [0.25, 0.3) is 0 Å². The zero-order chi connectivity index (χ0) is 28.4. The second kappa shape index (κ2) is 14.3. The molecule has 3 aromatic carbocycles. The Balaban J connectivity index is 1.30. The standard InChI is InChI=1S/C32H34ClN5O2S/c33-30-29(25-14-8-3-9-15-25)36-31(41-30)37-32(40)38(21-19-34-26-16-17-28(39)35-22-26)20-18-27(23-10-4-1-5-11-23)24-12-6-2-7-13-24/h1-15,26-27,34H,16-22H2,(H,35,39)(H,36,37,40). The molecular formula is C32H34ClN5O2S. The average Bonchev–Trinajstić information content (AvgIpc) is 3.38. The number of aromatic nitrogens is 1.